The molecular weight excluding hydrogens is 94.1 g/mol. The molecule has 0 bridgehead atoms. The fraction of sp³-hybridized carbons (Fsp3) is 0. The highest BCUT2D eigenvalue weighted by Crippen LogP contribution is 1.86. The van der Waals surface area contributed by atoms with Crippen molar-refractivity contribution in [2.75, 3.05) is 0 Å². The van der Waals surface area contributed by atoms with Crippen molar-refractivity contribution < 1.29 is 4.79 Å². The quantitative estimate of drug-likeness (QED) is 0.431. The predicted octanol–water partition coefficient (Wildman–Crippen LogP) is 0.451. The van der Waals surface area contributed by atoms with Crippen LogP contribution in [0.5, 0.6) is 0 Å². The Bertz CT molecular complexity index is 137. The summed E-state index contributed by atoms with van der Waals surface area (Å²) in [4.78, 5) is 9.96. The van der Waals surface area contributed by atoms with Crippen LogP contribution in [-0.4, -0.2) is 6.03 Å². The van der Waals surface area contributed by atoms with Gasteiger partial charge in [0.25, 0.3) is 0 Å². The summed E-state index contributed by atoms with van der Waals surface area (Å²) in [5.74, 6) is 0. The van der Waals surface area contributed by atoms with Crippen molar-refractivity contribution in [3.63, 3.8) is 0 Å². The fourth-order valence-corrected chi connectivity index (χ4v) is 0.207. The second-order valence-corrected chi connectivity index (χ2v) is 0.870. The van der Waals surface area contributed by atoms with Gasteiger partial charge >= 0.3 is 6.03 Å². The zero-order chi connectivity index (χ0) is 5.11. The van der Waals surface area contributed by atoms with Crippen LogP contribution in [0.25, 0.3) is 0 Å². The van der Waals surface area contributed by atoms with Gasteiger partial charge in [0.1, 0.15) is 6.20 Å². The first-order valence-corrected chi connectivity index (χ1v) is 1.62. The van der Waals surface area contributed by atoms with Gasteiger partial charge in [-0.2, -0.15) is 5.32 Å². The van der Waals surface area contributed by atoms with Gasteiger partial charge in [-0.1, -0.05) is 5.11 Å². The molecule has 1 heterocycles. The molecule has 4 heteroatoms. The highest BCUT2D eigenvalue weighted by atomic mass is 16.2. The maximum Gasteiger partial charge on any atom is 0.385 e. The lowest BCUT2D eigenvalue weighted by Crippen LogP contribution is -2.04. The van der Waals surface area contributed by atoms with Crippen LogP contribution >= 0.6 is 0 Å². The maximum absolute atomic E-state index is 9.96. The largest absolute Gasteiger partial charge is 0.385 e. The van der Waals surface area contributed by atoms with E-state index in [4.69, 9.17) is 0 Å². The molecule has 7 heavy (non-hydrogen) atoms. The Morgan fingerprint density at radius 2 is 2.57 bits per heavy atom. The van der Waals surface area contributed by atoms with Gasteiger partial charge in [0, 0.05) is 0 Å². The Kier molecular flexibility index (Phi) is 0.856. The summed E-state index contributed by atoms with van der Waals surface area (Å²) >= 11 is 0. The van der Waals surface area contributed by atoms with Gasteiger partial charge in [0.15, 0.2) is 0 Å². The summed E-state index contributed by atoms with van der Waals surface area (Å²) < 4.78 is 0. The number of urea groups is 1. The molecule has 0 spiro atoms. The molecule has 1 aliphatic rings. The molecule has 2 amide bonds. The molecule has 34 valence electrons. The van der Waals surface area contributed by atoms with E-state index in [-0.39, 0.29) is 0 Å². The van der Waals surface area contributed by atoms with E-state index in [9.17, 15) is 4.79 Å². The molecule has 0 saturated carbocycles. The average Bonchev–Trinajstić information content (AvgIpc) is 1.69. The summed E-state index contributed by atoms with van der Waals surface area (Å²) in [5.41, 5.74) is 0. The zero-order valence-electron chi connectivity index (χ0n) is 3.33. The summed E-state index contributed by atoms with van der Waals surface area (Å²) in [5, 5.41) is 9.34. The molecule has 0 aromatic rings. The van der Waals surface area contributed by atoms with E-state index in [1.807, 2.05) is 0 Å². The van der Waals surface area contributed by atoms with E-state index in [2.05, 4.69) is 21.7 Å². The summed E-state index contributed by atoms with van der Waals surface area (Å²) in [6.45, 7) is 0. The number of amides is 2. The SMILES string of the molecule is O=C1[N]C=[C]N=N1. The Balaban J connectivity index is 2.66. The third kappa shape index (κ3) is 0.819. The molecule has 0 N–H and O–H groups in total. The lowest BCUT2D eigenvalue weighted by molar-refractivity contribution is 0.249. The lowest BCUT2D eigenvalue weighted by Gasteiger charge is -1.86. The molecule has 0 fully saturated rings. The number of hydrogen-bond acceptors (Lipinski definition) is 2. The number of nitrogens with zero attached hydrogens (tertiary/aromatic N) is 3. The molecule has 0 unspecified atom stereocenters. The van der Waals surface area contributed by atoms with Gasteiger partial charge in [-0.3, -0.25) is 0 Å². The Hall–Kier alpha value is -1.19. The first kappa shape index (κ1) is 3.98. The van der Waals surface area contributed by atoms with Crippen molar-refractivity contribution in [3.8, 4) is 0 Å². The number of azo groups is 1. The van der Waals surface area contributed by atoms with Crippen LogP contribution in [-0.2, 0) is 0 Å². The molecule has 4 nitrogen and oxygen atoms in total. The van der Waals surface area contributed by atoms with E-state index < -0.39 is 6.03 Å². The number of carbonyl (C=O) groups is 1. The Labute approximate surface area is 39.9 Å². The van der Waals surface area contributed by atoms with Crippen LogP contribution in [0.1, 0.15) is 0 Å². The van der Waals surface area contributed by atoms with Crippen molar-refractivity contribution in [1.29, 1.82) is 0 Å². The Morgan fingerprint density at radius 3 is 2.86 bits per heavy atom. The minimum Gasteiger partial charge on any atom is -0.242 e. The molecular formula is C3HN3O. The number of rotatable bonds is 0. The predicted molar refractivity (Wildman–Crippen MR) is 20.2 cm³/mol. The van der Waals surface area contributed by atoms with Gasteiger partial charge in [-0.15, -0.1) is 5.11 Å². The van der Waals surface area contributed by atoms with Gasteiger partial charge in [0.05, 0.1) is 6.20 Å². The first-order valence-electron chi connectivity index (χ1n) is 1.62. The third-order valence-corrected chi connectivity index (χ3v) is 0.426. The molecule has 1 aliphatic heterocycles. The second kappa shape index (κ2) is 1.51. The van der Waals surface area contributed by atoms with Gasteiger partial charge < -0.3 is 0 Å². The molecule has 2 radical (unpaired) electrons. The average molecular weight is 95.1 g/mol. The van der Waals surface area contributed by atoms with E-state index in [0.29, 0.717) is 0 Å². The highest BCUT2D eigenvalue weighted by molar-refractivity contribution is 5.75. The molecule has 1 rings (SSSR count). The van der Waals surface area contributed by atoms with Crippen molar-refractivity contribution >= 4 is 6.03 Å². The summed E-state index contributed by atoms with van der Waals surface area (Å²) in [6.07, 6.45) is 3.44. The van der Waals surface area contributed by atoms with Crippen molar-refractivity contribution in [2.24, 2.45) is 10.2 Å². The monoisotopic (exact) mass is 95.0 g/mol. The summed E-state index contributed by atoms with van der Waals surface area (Å²) in [7, 11) is 0. The van der Waals surface area contributed by atoms with E-state index >= 15 is 0 Å². The number of hydrogen-bond donors (Lipinski definition) is 0. The van der Waals surface area contributed by atoms with Crippen LogP contribution in [0.15, 0.2) is 16.4 Å². The van der Waals surface area contributed by atoms with Gasteiger partial charge in [0.2, 0.25) is 0 Å². The zero-order valence-corrected chi connectivity index (χ0v) is 3.33. The van der Waals surface area contributed by atoms with Crippen molar-refractivity contribution in [1.82, 2.24) is 5.32 Å². The van der Waals surface area contributed by atoms with Crippen LogP contribution in [0, 0.1) is 6.20 Å². The smallest absolute Gasteiger partial charge is 0.242 e. The lowest BCUT2D eigenvalue weighted by atomic mass is 10.8. The molecule has 0 saturated heterocycles. The molecule has 0 atom stereocenters. The van der Waals surface area contributed by atoms with Gasteiger partial charge in [-0.25, -0.2) is 4.79 Å². The minimum absolute atomic E-state index is 0.571. The normalized spacial score (nSPS) is 16.9. The van der Waals surface area contributed by atoms with Gasteiger partial charge in [-0.05, 0) is 0 Å². The number of carbonyl (C=O) groups excluding carboxylic acids is 1. The molecule has 0 aliphatic carbocycles. The third-order valence-electron chi connectivity index (χ3n) is 0.426. The molecule has 0 aromatic carbocycles. The minimum atomic E-state index is -0.571. The topological polar surface area (TPSA) is 55.9 Å². The first-order chi connectivity index (χ1) is 3.39. The van der Waals surface area contributed by atoms with Crippen LogP contribution in [0.3, 0.4) is 0 Å². The Morgan fingerprint density at radius 1 is 1.71 bits per heavy atom. The second-order valence-electron chi connectivity index (χ2n) is 0.870. The molecule has 0 aromatic heterocycles. The van der Waals surface area contributed by atoms with Crippen LogP contribution < -0.4 is 5.32 Å². The van der Waals surface area contributed by atoms with E-state index in [1.54, 1.807) is 0 Å². The van der Waals surface area contributed by atoms with Crippen molar-refractivity contribution in [2.45, 2.75) is 0 Å². The van der Waals surface area contributed by atoms with Crippen molar-refractivity contribution in [3.05, 3.63) is 12.4 Å². The standard InChI is InChI=1S/C3HN3O/c7-3-4-1-2-5-6-3/h1H. The fourth-order valence-electron chi connectivity index (χ4n) is 0.207. The van der Waals surface area contributed by atoms with Crippen LogP contribution in [0.2, 0.25) is 0 Å². The highest BCUT2D eigenvalue weighted by Gasteiger charge is 1.96. The maximum atomic E-state index is 9.96. The summed E-state index contributed by atoms with van der Waals surface area (Å²) in [6, 6.07) is -0.571. The van der Waals surface area contributed by atoms with E-state index in [0.717, 1.165) is 0 Å². The van der Waals surface area contributed by atoms with E-state index in [1.165, 1.54) is 6.20 Å². The van der Waals surface area contributed by atoms with Crippen LogP contribution in [0.4, 0.5) is 4.79 Å².